The molecule has 0 aliphatic rings. The molecule has 0 fully saturated rings. The van der Waals surface area contributed by atoms with Gasteiger partial charge in [0, 0.05) is 12.7 Å². The summed E-state index contributed by atoms with van der Waals surface area (Å²) in [6.45, 7) is 11.7. The quantitative estimate of drug-likeness (QED) is 0.820. The second kappa shape index (κ2) is 6.48. The number of ether oxygens (including phenoxy) is 1. The van der Waals surface area contributed by atoms with Gasteiger partial charge in [-0.25, -0.2) is 4.98 Å². The zero-order chi connectivity index (χ0) is 12.8. The monoisotopic (exact) mass is 236 g/mol. The van der Waals surface area contributed by atoms with Crippen molar-refractivity contribution in [2.75, 3.05) is 11.9 Å². The van der Waals surface area contributed by atoms with Gasteiger partial charge >= 0.3 is 0 Å². The molecule has 1 aromatic rings. The summed E-state index contributed by atoms with van der Waals surface area (Å²) in [4.78, 5) is 4.33. The van der Waals surface area contributed by atoms with Gasteiger partial charge in [-0.05, 0) is 37.8 Å². The fraction of sp³-hybridized carbons (Fsp3) is 0.643. The number of hydrogen-bond donors (Lipinski definition) is 1. The van der Waals surface area contributed by atoms with Crippen LogP contribution in [0.25, 0.3) is 0 Å². The molecule has 1 rings (SSSR count). The molecule has 3 nitrogen and oxygen atoms in total. The maximum atomic E-state index is 5.71. The molecule has 0 aliphatic heterocycles. The second-order valence-corrected chi connectivity index (χ2v) is 5.12. The lowest BCUT2D eigenvalue weighted by Crippen LogP contribution is -2.18. The number of anilines is 1. The third-order valence-electron chi connectivity index (χ3n) is 2.86. The van der Waals surface area contributed by atoms with E-state index in [9.17, 15) is 0 Å². The van der Waals surface area contributed by atoms with Crippen LogP contribution in [0, 0.1) is 11.8 Å². The highest BCUT2D eigenvalue weighted by atomic mass is 16.5. The average Bonchev–Trinajstić information content (AvgIpc) is 2.26. The van der Waals surface area contributed by atoms with Crippen molar-refractivity contribution in [2.45, 2.75) is 40.7 Å². The summed E-state index contributed by atoms with van der Waals surface area (Å²) in [5.41, 5.74) is 0. The average molecular weight is 236 g/mol. The first-order valence-electron chi connectivity index (χ1n) is 6.36. The van der Waals surface area contributed by atoms with E-state index in [1.54, 1.807) is 6.20 Å². The van der Waals surface area contributed by atoms with Crippen molar-refractivity contribution in [2.24, 2.45) is 11.8 Å². The van der Waals surface area contributed by atoms with Gasteiger partial charge in [0.15, 0.2) is 11.6 Å². The largest absolute Gasteiger partial charge is 0.487 e. The van der Waals surface area contributed by atoms with Gasteiger partial charge in [-0.3, -0.25) is 0 Å². The topological polar surface area (TPSA) is 34.1 Å². The number of hydrogen-bond acceptors (Lipinski definition) is 3. The molecular formula is C14H24N2O. The maximum absolute atomic E-state index is 5.71. The molecular weight excluding hydrogens is 212 g/mol. The van der Waals surface area contributed by atoms with E-state index >= 15 is 0 Å². The van der Waals surface area contributed by atoms with Crippen LogP contribution >= 0.6 is 0 Å². The molecule has 0 saturated carbocycles. The Labute approximate surface area is 105 Å². The van der Waals surface area contributed by atoms with Crippen molar-refractivity contribution in [1.29, 1.82) is 0 Å². The minimum atomic E-state index is 0.169. The highest BCUT2D eigenvalue weighted by Gasteiger charge is 2.10. The van der Waals surface area contributed by atoms with Gasteiger partial charge in [-0.2, -0.15) is 0 Å². The van der Waals surface area contributed by atoms with Crippen LogP contribution in [0.4, 0.5) is 5.82 Å². The van der Waals surface area contributed by atoms with Gasteiger partial charge in [-0.1, -0.05) is 20.8 Å². The molecule has 0 spiro atoms. The molecule has 96 valence electrons. The van der Waals surface area contributed by atoms with Crippen LogP contribution in [0.1, 0.15) is 34.6 Å². The molecule has 0 aliphatic carbocycles. The molecule has 0 aromatic carbocycles. The molecule has 1 atom stereocenters. The number of pyridine rings is 1. The minimum absolute atomic E-state index is 0.169. The van der Waals surface area contributed by atoms with Crippen LogP contribution in [0.3, 0.4) is 0 Å². The normalized spacial score (nSPS) is 12.9. The number of nitrogens with one attached hydrogen (secondary N) is 1. The molecule has 0 radical (unpaired) electrons. The number of nitrogens with zero attached hydrogens (tertiary/aromatic N) is 1. The highest BCUT2D eigenvalue weighted by molar-refractivity contribution is 5.49. The second-order valence-electron chi connectivity index (χ2n) is 5.12. The van der Waals surface area contributed by atoms with Gasteiger partial charge in [0.25, 0.3) is 0 Å². The van der Waals surface area contributed by atoms with Crippen molar-refractivity contribution in [3.8, 4) is 5.75 Å². The van der Waals surface area contributed by atoms with E-state index in [1.807, 2.05) is 26.0 Å². The fourth-order valence-corrected chi connectivity index (χ4v) is 1.37. The van der Waals surface area contributed by atoms with Crippen LogP contribution in [-0.4, -0.2) is 17.6 Å². The van der Waals surface area contributed by atoms with E-state index in [-0.39, 0.29) is 6.10 Å². The van der Waals surface area contributed by atoms with Crippen LogP contribution in [0.2, 0.25) is 0 Å². The van der Waals surface area contributed by atoms with Crippen molar-refractivity contribution in [1.82, 2.24) is 4.98 Å². The Bertz CT molecular complexity index is 337. The predicted molar refractivity (Wildman–Crippen MR) is 72.5 cm³/mol. The zero-order valence-corrected chi connectivity index (χ0v) is 11.5. The van der Waals surface area contributed by atoms with Crippen LogP contribution in [0.5, 0.6) is 5.75 Å². The molecule has 1 N–H and O–H groups in total. The summed E-state index contributed by atoms with van der Waals surface area (Å²) in [5.74, 6) is 2.96. The molecule has 3 heteroatoms. The Morgan fingerprint density at radius 3 is 2.53 bits per heavy atom. The first kappa shape index (κ1) is 13.8. The standard InChI is InChI=1S/C14H24N2O/c1-10(2)12(5)9-16-14-13(17-11(3)4)7-6-8-15-14/h6-8,10-12H,9H2,1-5H3,(H,15,16). The van der Waals surface area contributed by atoms with Crippen molar-refractivity contribution >= 4 is 5.82 Å². The predicted octanol–water partition coefficient (Wildman–Crippen LogP) is 3.57. The smallest absolute Gasteiger partial charge is 0.168 e. The van der Waals surface area contributed by atoms with E-state index < -0.39 is 0 Å². The van der Waals surface area contributed by atoms with Gasteiger partial charge in [0.2, 0.25) is 0 Å². The molecule has 17 heavy (non-hydrogen) atoms. The summed E-state index contributed by atoms with van der Waals surface area (Å²) in [6, 6.07) is 3.85. The fourth-order valence-electron chi connectivity index (χ4n) is 1.37. The lowest BCUT2D eigenvalue weighted by molar-refractivity contribution is 0.242. The Morgan fingerprint density at radius 1 is 1.24 bits per heavy atom. The van der Waals surface area contributed by atoms with Gasteiger partial charge in [-0.15, -0.1) is 0 Å². The highest BCUT2D eigenvalue weighted by Crippen LogP contribution is 2.23. The van der Waals surface area contributed by atoms with Crippen molar-refractivity contribution < 1.29 is 4.74 Å². The van der Waals surface area contributed by atoms with Crippen LogP contribution in [0.15, 0.2) is 18.3 Å². The summed E-state index contributed by atoms with van der Waals surface area (Å²) in [6.07, 6.45) is 1.96. The van der Waals surface area contributed by atoms with E-state index in [2.05, 4.69) is 31.1 Å². The minimum Gasteiger partial charge on any atom is -0.487 e. The number of rotatable bonds is 6. The van der Waals surface area contributed by atoms with E-state index in [0.717, 1.165) is 18.1 Å². The molecule has 0 amide bonds. The van der Waals surface area contributed by atoms with Crippen LogP contribution < -0.4 is 10.1 Å². The maximum Gasteiger partial charge on any atom is 0.168 e. The summed E-state index contributed by atoms with van der Waals surface area (Å²) in [7, 11) is 0. The van der Waals surface area contributed by atoms with E-state index in [0.29, 0.717) is 11.8 Å². The summed E-state index contributed by atoms with van der Waals surface area (Å²) >= 11 is 0. The summed E-state index contributed by atoms with van der Waals surface area (Å²) in [5, 5.41) is 3.36. The first-order valence-corrected chi connectivity index (χ1v) is 6.36. The van der Waals surface area contributed by atoms with Crippen LogP contribution in [-0.2, 0) is 0 Å². The van der Waals surface area contributed by atoms with Crippen molar-refractivity contribution in [3.63, 3.8) is 0 Å². The third-order valence-corrected chi connectivity index (χ3v) is 2.86. The zero-order valence-electron chi connectivity index (χ0n) is 11.5. The Balaban J connectivity index is 2.63. The van der Waals surface area contributed by atoms with Gasteiger partial charge < -0.3 is 10.1 Å². The molecule has 1 heterocycles. The molecule has 0 bridgehead atoms. The SMILES string of the molecule is CC(C)Oc1cccnc1NCC(C)C(C)C. The Hall–Kier alpha value is -1.25. The molecule has 1 unspecified atom stereocenters. The van der Waals surface area contributed by atoms with Gasteiger partial charge in [0.1, 0.15) is 0 Å². The lowest BCUT2D eigenvalue weighted by atomic mass is 9.98. The van der Waals surface area contributed by atoms with E-state index in [4.69, 9.17) is 4.74 Å². The Kier molecular flexibility index (Phi) is 5.26. The molecule has 0 saturated heterocycles. The van der Waals surface area contributed by atoms with Gasteiger partial charge in [0.05, 0.1) is 6.10 Å². The third kappa shape index (κ3) is 4.63. The Morgan fingerprint density at radius 2 is 1.94 bits per heavy atom. The lowest BCUT2D eigenvalue weighted by Gasteiger charge is -2.18. The summed E-state index contributed by atoms with van der Waals surface area (Å²) < 4.78 is 5.71. The first-order chi connectivity index (χ1) is 8.00. The number of aromatic nitrogens is 1. The molecule has 1 aromatic heterocycles. The van der Waals surface area contributed by atoms with E-state index in [1.165, 1.54) is 0 Å². The van der Waals surface area contributed by atoms with Crippen molar-refractivity contribution in [3.05, 3.63) is 18.3 Å².